The van der Waals surface area contributed by atoms with Crippen LogP contribution in [0.3, 0.4) is 0 Å². The van der Waals surface area contributed by atoms with E-state index < -0.39 is 5.97 Å². The third kappa shape index (κ3) is 5.37. The fraction of sp³-hybridized carbons (Fsp3) is 0.100. The van der Waals surface area contributed by atoms with Gasteiger partial charge in [-0.1, -0.05) is 63.6 Å². The molecule has 0 aliphatic rings. The zero-order valence-electron chi connectivity index (χ0n) is 14.9. The van der Waals surface area contributed by atoms with Crippen LogP contribution in [0.2, 0.25) is 0 Å². The number of ether oxygens (including phenoxy) is 1. The normalized spacial score (nSPS) is 11.1. The van der Waals surface area contributed by atoms with E-state index in [0.717, 1.165) is 15.6 Å². The van der Waals surface area contributed by atoms with Crippen molar-refractivity contribution in [2.75, 3.05) is 0 Å². The number of carbonyl (C=O) groups is 2. The van der Waals surface area contributed by atoms with E-state index in [0.29, 0.717) is 5.82 Å². The van der Waals surface area contributed by atoms with Gasteiger partial charge in [0.1, 0.15) is 5.70 Å². The molecule has 3 aromatic rings. The lowest BCUT2D eigenvalue weighted by molar-refractivity contribution is -0.142. The topological polar surface area (TPSA) is 94.3 Å². The highest BCUT2D eigenvalue weighted by atomic mass is 79.9. The van der Waals surface area contributed by atoms with Crippen LogP contribution >= 0.6 is 15.9 Å². The maximum atomic E-state index is 12.4. The Labute approximate surface area is 169 Å². The van der Waals surface area contributed by atoms with E-state index >= 15 is 0 Å². The van der Waals surface area contributed by atoms with Crippen LogP contribution in [0, 0.1) is 0 Å². The second-order valence-electron chi connectivity index (χ2n) is 5.75. The number of esters is 1. The van der Waals surface area contributed by atoms with Crippen molar-refractivity contribution in [3.05, 3.63) is 76.2 Å². The first kappa shape index (κ1) is 19.5. The summed E-state index contributed by atoms with van der Waals surface area (Å²) < 4.78 is 11.2. The highest BCUT2D eigenvalue weighted by Gasteiger charge is 2.16. The molecule has 0 saturated carbocycles. The summed E-state index contributed by atoms with van der Waals surface area (Å²) in [5, 5.41) is 6.36. The lowest BCUT2D eigenvalue weighted by atomic mass is 10.2. The van der Waals surface area contributed by atoms with Gasteiger partial charge in [0.15, 0.2) is 6.61 Å². The van der Waals surface area contributed by atoms with Gasteiger partial charge in [0.05, 0.1) is 0 Å². The molecule has 28 heavy (non-hydrogen) atoms. The summed E-state index contributed by atoms with van der Waals surface area (Å²) in [4.78, 5) is 28.0. The largest absolute Gasteiger partial charge is 0.451 e. The molecular weight excluding hydrogens is 426 g/mol. The summed E-state index contributed by atoms with van der Waals surface area (Å²) in [6, 6.07) is 16.5. The first-order valence-electron chi connectivity index (χ1n) is 8.31. The Hall–Kier alpha value is -3.26. The second-order valence-corrected chi connectivity index (χ2v) is 6.66. The van der Waals surface area contributed by atoms with Gasteiger partial charge in [-0.15, -0.1) is 0 Å². The first-order chi connectivity index (χ1) is 13.5. The Morgan fingerprint density at radius 1 is 1.18 bits per heavy atom. The van der Waals surface area contributed by atoms with E-state index in [1.54, 1.807) is 12.1 Å². The van der Waals surface area contributed by atoms with Crippen LogP contribution < -0.4 is 5.32 Å². The van der Waals surface area contributed by atoms with Gasteiger partial charge in [-0.05, 0) is 23.8 Å². The van der Waals surface area contributed by atoms with Crippen LogP contribution in [0.5, 0.6) is 0 Å². The van der Waals surface area contributed by atoms with Gasteiger partial charge in [-0.3, -0.25) is 4.79 Å². The summed E-state index contributed by atoms with van der Waals surface area (Å²) in [5.74, 6) is -0.561. The first-order valence-corrected chi connectivity index (χ1v) is 9.10. The number of nitrogens with zero attached hydrogens (tertiary/aromatic N) is 2. The van der Waals surface area contributed by atoms with Crippen molar-refractivity contribution >= 4 is 33.9 Å². The van der Waals surface area contributed by atoms with Crippen LogP contribution in [-0.2, 0) is 20.9 Å². The summed E-state index contributed by atoms with van der Waals surface area (Å²) in [5.41, 5.74) is 1.53. The van der Waals surface area contributed by atoms with Gasteiger partial charge < -0.3 is 14.6 Å². The third-order valence-electron chi connectivity index (χ3n) is 3.52. The number of halogens is 1. The third-order valence-corrected chi connectivity index (χ3v) is 4.01. The summed E-state index contributed by atoms with van der Waals surface area (Å²) in [6.45, 7) is 1.10. The van der Waals surface area contributed by atoms with Gasteiger partial charge in [0, 0.05) is 17.0 Å². The van der Waals surface area contributed by atoms with E-state index in [1.165, 1.54) is 13.0 Å². The maximum Gasteiger partial charge on any atom is 0.355 e. The molecule has 1 heterocycles. The van der Waals surface area contributed by atoms with Gasteiger partial charge >= 0.3 is 5.97 Å². The number of hydrogen-bond donors (Lipinski definition) is 1. The molecule has 0 saturated heterocycles. The van der Waals surface area contributed by atoms with Gasteiger partial charge in [-0.2, -0.15) is 4.98 Å². The summed E-state index contributed by atoms with van der Waals surface area (Å²) in [7, 11) is 0. The fourth-order valence-corrected chi connectivity index (χ4v) is 2.71. The number of nitrogens with one attached hydrogen (secondary N) is 1. The molecule has 3 rings (SSSR count). The highest BCUT2D eigenvalue weighted by molar-refractivity contribution is 9.10. The van der Waals surface area contributed by atoms with Gasteiger partial charge in [0.25, 0.3) is 5.89 Å². The molecule has 0 unspecified atom stereocenters. The minimum atomic E-state index is -0.707. The Balaban J connectivity index is 1.69. The van der Waals surface area contributed by atoms with Crippen molar-refractivity contribution in [2.24, 2.45) is 0 Å². The predicted molar refractivity (Wildman–Crippen MR) is 105 cm³/mol. The van der Waals surface area contributed by atoms with Crippen LogP contribution in [0.4, 0.5) is 0 Å². The number of benzene rings is 2. The fourth-order valence-electron chi connectivity index (χ4n) is 2.31. The van der Waals surface area contributed by atoms with Crippen molar-refractivity contribution < 1.29 is 18.8 Å². The number of carbonyl (C=O) groups excluding carboxylic acids is 2. The van der Waals surface area contributed by atoms with E-state index in [2.05, 4.69) is 31.4 Å². The molecule has 0 aliphatic carbocycles. The molecule has 0 radical (unpaired) electrons. The van der Waals surface area contributed by atoms with Crippen LogP contribution in [0.25, 0.3) is 17.5 Å². The molecule has 1 N–H and O–H groups in total. The standard InChI is InChI=1S/C20H16BrN3O4/c1-13(25)22-17(10-14-6-3-2-4-7-14)20(26)27-12-18-23-19(24-28-18)15-8-5-9-16(21)11-15/h2-11H,12H2,1H3,(H,22,25)/b17-10-. The molecule has 0 spiro atoms. The van der Waals surface area contributed by atoms with Crippen molar-refractivity contribution in [2.45, 2.75) is 13.5 Å². The zero-order valence-corrected chi connectivity index (χ0v) is 16.5. The lowest BCUT2D eigenvalue weighted by Gasteiger charge is -2.07. The number of hydrogen-bond acceptors (Lipinski definition) is 6. The monoisotopic (exact) mass is 441 g/mol. The Morgan fingerprint density at radius 2 is 1.96 bits per heavy atom. The Bertz CT molecular complexity index is 1020. The highest BCUT2D eigenvalue weighted by Crippen LogP contribution is 2.20. The summed E-state index contributed by atoms with van der Waals surface area (Å²) >= 11 is 3.38. The van der Waals surface area contributed by atoms with Crippen molar-refractivity contribution in [1.82, 2.24) is 15.5 Å². The van der Waals surface area contributed by atoms with Gasteiger partial charge in [0.2, 0.25) is 11.7 Å². The van der Waals surface area contributed by atoms with Crippen LogP contribution in [0.15, 0.2) is 69.3 Å². The minimum Gasteiger partial charge on any atom is -0.451 e. The second kappa shape index (κ2) is 9.09. The molecule has 142 valence electrons. The number of amides is 1. The van der Waals surface area contributed by atoms with E-state index in [-0.39, 0.29) is 24.1 Å². The molecule has 0 bridgehead atoms. The molecule has 0 atom stereocenters. The maximum absolute atomic E-state index is 12.4. The molecule has 1 aromatic heterocycles. The van der Waals surface area contributed by atoms with Crippen molar-refractivity contribution in [1.29, 1.82) is 0 Å². The average molecular weight is 442 g/mol. The molecule has 8 heteroatoms. The predicted octanol–water partition coefficient (Wildman–Crippen LogP) is 3.72. The van der Waals surface area contributed by atoms with E-state index in [9.17, 15) is 9.59 Å². The van der Waals surface area contributed by atoms with Crippen LogP contribution in [-0.4, -0.2) is 22.0 Å². The van der Waals surface area contributed by atoms with E-state index in [1.807, 2.05) is 42.5 Å². The molecule has 1 amide bonds. The molecular formula is C20H16BrN3O4. The minimum absolute atomic E-state index is 0.0189. The summed E-state index contributed by atoms with van der Waals surface area (Å²) in [6.07, 6.45) is 1.53. The molecule has 0 fully saturated rings. The average Bonchev–Trinajstić information content (AvgIpc) is 3.15. The number of rotatable bonds is 6. The van der Waals surface area contributed by atoms with Crippen molar-refractivity contribution in [3.63, 3.8) is 0 Å². The van der Waals surface area contributed by atoms with E-state index in [4.69, 9.17) is 9.26 Å². The van der Waals surface area contributed by atoms with Crippen LogP contribution in [0.1, 0.15) is 18.4 Å². The molecule has 7 nitrogen and oxygen atoms in total. The SMILES string of the molecule is CC(=O)N/C(=C\c1ccccc1)C(=O)OCc1nc(-c2cccc(Br)c2)no1. The van der Waals surface area contributed by atoms with Gasteiger partial charge in [-0.25, -0.2) is 4.79 Å². The lowest BCUT2D eigenvalue weighted by Crippen LogP contribution is -2.26. The molecule has 0 aliphatic heterocycles. The Morgan fingerprint density at radius 3 is 2.68 bits per heavy atom. The van der Waals surface area contributed by atoms with Crippen molar-refractivity contribution in [3.8, 4) is 11.4 Å². The quantitative estimate of drug-likeness (QED) is 0.462. The molecule has 2 aromatic carbocycles. The smallest absolute Gasteiger partial charge is 0.355 e. The number of aromatic nitrogens is 2. The zero-order chi connectivity index (χ0) is 19.9. The Kier molecular flexibility index (Phi) is 6.33.